The fraction of sp³-hybridized carbons (Fsp3) is 0.312. The van der Waals surface area contributed by atoms with Gasteiger partial charge in [-0.2, -0.15) is 0 Å². The Hall–Kier alpha value is -0.730. The van der Waals surface area contributed by atoms with Gasteiger partial charge in [0.15, 0.2) is 0 Å². The van der Waals surface area contributed by atoms with Crippen molar-refractivity contribution in [2.45, 2.75) is 25.4 Å². The van der Waals surface area contributed by atoms with E-state index in [2.05, 4.69) is 37.7 Å². The van der Waals surface area contributed by atoms with E-state index in [-0.39, 0.29) is 6.04 Å². The predicted octanol–water partition coefficient (Wildman–Crippen LogP) is 5.62. The first-order chi connectivity index (χ1) is 11.6. The molecule has 3 nitrogen and oxygen atoms in total. The predicted molar refractivity (Wildman–Crippen MR) is 106 cm³/mol. The smallest absolute Gasteiger partial charge is 0.131 e. The normalized spacial score (nSPS) is 12.7. The van der Waals surface area contributed by atoms with Crippen LogP contribution in [0.4, 0.5) is 10.1 Å². The van der Waals surface area contributed by atoms with E-state index in [1.165, 1.54) is 4.88 Å². The van der Waals surface area contributed by atoms with E-state index >= 15 is 0 Å². The average molecular weight is 449 g/mol. The molecule has 0 aliphatic heterocycles. The number of thiophene rings is 2. The number of hydrogen-bond acceptors (Lipinski definition) is 5. The van der Waals surface area contributed by atoms with Crippen molar-refractivity contribution in [1.82, 2.24) is 4.98 Å². The highest BCUT2D eigenvalue weighted by Gasteiger charge is 2.17. The summed E-state index contributed by atoms with van der Waals surface area (Å²) in [7, 11) is 0. The van der Waals surface area contributed by atoms with Crippen LogP contribution >= 0.6 is 50.2 Å². The molecule has 0 unspecified atom stereocenters. The van der Waals surface area contributed by atoms with Gasteiger partial charge in [-0.3, -0.25) is 4.39 Å². The molecule has 0 amide bonds. The summed E-state index contributed by atoms with van der Waals surface area (Å²) in [6, 6.07) is 5.76. The third kappa shape index (κ3) is 4.08. The number of rotatable bonds is 7. The fourth-order valence-corrected chi connectivity index (χ4v) is 5.27. The molecular weight excluding hydrogens is 433 g/mol. The lowest BCUT2D eigenvalue weighted by Gasteiger charge is -2.07. The number of nitrogens with zero attached hydrogens (tertiary/aromatic N) is 1. The van der Waals surface area contributed by atoms with Crippen LogP contribution in [0.15, 0.2) is 28.1 Å². The van der Waals surface area contributed by atoms with Crippen LogP contribution in [0.3, 0.4) is 0 Å². The third-order valence-electron chi connectivity index (χ3n) is 3.58. The molecular formula is C16H16BrClFN3S2. The van der Waals surface area contributed by atoms with E-state index < -0.39 is 6.67 Å². The molecule has 0 saturated carbocycles. The summed E-state index contributed by atoms with van der Waals surface area (Å²) in [4.78, 5) is 6.75. The highest BCUT2D eigenvalue weighted by atomic mass is 79.9. The summed E-state index contributed by atoms with van der Waals surface area (Å²) < 4.78 is 14.4. The number of pyridine rings is 1. The molecule has 0 bridgehead atoms. The Morgan fingerprint density at radius 2 is 2.29 bits per heavy atom. The van der Waals surface area contributed by atoms with Crippen molar-refractivity contribution >= 4 is 66.1 Å². The summed E-state index contributed by atoms with van der Waals surface area (Å²) in [6.45, 7) is 0.334. The quantitative estimate of drug-likeness (QED) is 0.462. The lowest BCUT2D eigenvalue weighted by molar-refractivity contribution is 0.436. The Morgan fingerprint density at radius 1 is 1.46 bits per heavy atom. The van der Waals surface area contributed by atoms with Crippen molar-refractivity contribution in [3.05, 3.63) is 43.0 Å². The molecule has 3 heterocycles. The molecule has 0 radical (unpaired) electrons. The number of nitrogens with one attached hydrogen (secondary N) is 1. The Morgan fingerprint density at radius 3 is 3.00 bits per heavy atom. The summed E-state index contributed by atoms with van der Waals surface area (Å²) in [6.07, 6.45) is 0.978. The SMILES string of the molecule is N[C@@H](CCF)Cc1sc2c(NCc3cccs3)cc(Cl)nc2c1Br. The van der Waals surface area contributed by atoms with Gasteiger partial charge in [-0.15, -0.1) is 22.7 Å². The number of alkyl halides is 1. The van der Waals surface area contributed by atoms with Crippen LogP contribution in [-0.4, -0.2) is 17.7 Å². The Kier molecular flexibility index (Phi) is 6.10. The van der Waals surface area contributed by atoms with Gasteiger partial charge in [0.05, 0.1) is 27.1 Å². The topological polar surface area (TPSA) is 50.9 Å². The molecule has 0 spiro atoms. The van der Waals surface area contributed by atoms with Gasteiger partial charge in [0.1, 0.15) is 5.15 Å². The van der Waals surface area contributed by atoms with E-state index in [4.69, 9.17) is 17.3 Å². The van der Waals surface area contributed by atoms with Crippen LogP contribution < -0.4 is 11.1 Å². The zero-order valence-corrected chi connectivity index (χ0v) is 16.7. The van der Waals surface area contributed by atoms with Crippen LogP contribution in [0.5, 0.6) is 0 Å². The maximum absolute atomic E-state index is 12.5. The lowest BCUT2D eigenvalue weighted by atomic mass is 10.1. The standard InChI is InChI=1S/C16H16BrClFN3S2/c17-14-12(6-9(20)3-4-19)24-16-11(7-13(18)22-15(14)16)21-8-10-2-1-5-23-10/h1-2,5,7,9H,3-4,6,8,20H2,(H,21,22)/t9-/m0/s1. The summed E-state index contributed by atoms with van der Waals surface area (Å²) in [5, 5.41) is 5.93. The van der Waals surface area contributed by atoms with Crippen molar-refractivity contribution in [2.24, 2.45) is 5.73 Å². The van der Waals surface area contributed by atoms with Crippen molar-refractivity contribution in [1.29, 1.82) is 0 Å². The molecule has 0 aliphatic carbocycles. The van der Waals surface area contributed by atoms with Gasteiger partial charge in [-0.25, -0.2) is 4.98 Å². The molecule has 3 aromatic heterocycles. The fourth-order valence-electron chi connectivity index (χ4n) is 2.39. The maximum Gasteiger partial charge on any atom is 0.131 e. The van der Waals surface area contributed by atoms with E-state index in [9.17, 15) is 4.39 Å². The second-order valence-electron chi connectivity index (χ2n) is 5.38. The van der Waals surface area contributed by atoms with Crippen molar-refractivity contribution in [3.63, 3.8) is 0 Å². The highest BCUT2D eigenvalue weighted by molar-refractivity contribution is 9.10. The van der Waals surface area contributed by atoms with Gasteiger partial charge in [0.2, 0.25) is 0 Å². The molecule has 3 N–H and O–H groups in total. The minimum Gasteiger partial charge on any atom is -0.379 e. The number of anilines is 1. The maximum atomic E-state index is 12.5. The Balaban J connectivity index is 1.91. The summed E-state index contributed by atoms with van der Waals surface area (Å²) in [5.41, 5.74) is 7.76. The lowest BCUT2D eigenvalue weighted by Crippen LogP contribution is -2.22. The first-order valence-corrected chi connectivity index (χ1v) is 10.3. The minimum absolute atomic E-state index is 0.197. The summed E-state index contributed by atoms with van der Waals surface area (Å²) >= 11 is 13.1. The number of hydrogen-bond donors (Lipinski definition) is 2. The van der Waals surface area contributed by atoms with E-state index in [0.717, 1.165) is 31.8 Å². The molecule has 128 valence electrons. The zero-order chi connectivity index (χ0) is 17.1. The third-order valence-corrected chi connectivity index (χ3v) is 7.00. The van der Waals surface area contributed by atoms with Crippen LogP contribution in [0.25, 0.3) is 10.2 Å². The first-order valence-electron chi connectivity index (χ1n) is 7.43. The number of fused-ring (bicyclic) bond motifs is 1. The summed E-state index contributed by atoms with van der Waals surface area (Å²) in [5.74, 6) is 0. The second-order valence-corrected chi connectivity index (χ2v) is 8.70. The van der Waals surface area contributed by atoms with Gasteiger partial charge in [0.25, 0.3) is 0 Å². The zero-order valence-electron chi connectivity index (χ0n) is 12.7. The van der Waals surface area contributed by atoms with Gasteiger partial charge in [-0.1, -0.05) is 17.7 Å². The van der Waals surface area contributed by atoms with Crippen molar-refractivity contribution in [2.75, 3.05) is 12.0 Å². The molecule has 0 aliphatic rings. The van der Waals surface area contributed by atoms with Crippen LogP contribution in [0.1, 0.15) is 16.2 Å². The average Bonchev–Trinajstić information content (AvgIpc) is 3.15. The minimum atomic E-state index is -0.401. The van der Waals surface area contributed by atoms with Gasteiger partial charge in [-0.05, 0) is 40.2 Å². The van der Waals surface area contributed by atoms with Crippen molar-refractivity contribution < 1.29 is 4.39 Å². The molecule has 24 heavy (non-hydrogen) atoms. The Labute approximate surface area is 161 Å². The number of aromatic nitrogens is 1. The van der Waals surface area contributed by atoms with Crippen LogP contribution in [0, 0.1) is 0 Å². The molecule has 0 fully saturated rings. The van der Waals surface area contributed by atoms with Crippen molar-refractivity contribution in [3.8, 4) is 0 Å². The molecule has 0 aromatic carbocycles. The van der Waals surface area contributed by atoms with E-state index in [1.54, 1.807) is 22.7 Å². The van der Waals surface area contributed by atoms with E-state index in [1.807, 2.05) is 12.1 Å². The Bertz CT molecular complexity index is 822. The largest absolute Gasteiger partial charge is 0.379 e. The van der Waals surface area contributed by atoms with Crippen LogP contribution in [0.2, 0.25) is 5.15 Å². The van der Waals surface area contributed by atoms with Gasteiger partial charge < -0.3 is 11.1 Å². The molecule has 1 atom stereocenters. The highest BCUT2D eigenvalue weighted by Crippen LogP contribution is 2.40. The molecule has 3 rings (SSSR count). The van der Waals surface area contributed by atoms with Crippen LogP contribution in [-0.2, 0) is 13.0 Å². The van der Waals surface area contributed by atoms with Gasteiger partial charge in [0, 0.05) is 28.4 Å². The molecule has 8 heteroatoms. The van der Waals surface area contributed by atoms with E-state index in [0.29, 0.717) is 18.0 Å². The molecule has 0 saturated heterocycles. The first kappa shape index (κ1) is 18.1. The monoisotopic (exact) mass is 447 g/mol. The number of nitrogens with two attached hydrogens (primary N) is 1. The van der Waals surface area contributed by atoms with Gasteiger partial charge >= 0.3 is 0 Å². The molecule has 3 aromatic rings. The second kappa shape index (κ2) is 8.10. The number of halogens is 3.